The van der Waals surface area contributed by atoms with Crippen LogP contribution in [-0.2, 0) is 6.54 Å². The Balaban J connectivity index is 1.78. The number of hydrogen-bond acceptors (Lipinski definition) is 3. The molecule has 1 aliphatic rings. The summed E-state index contributed by atoms with van der Waals surface area (Å²) in [4.78, 5) is 13.4. The molecular weight excluding hydrogens is 268 g/mol. The fourth-order valence-corrected chi connectivity index (χ4v) is 2.45. The maximum atomic E-state index is 11.7. The molecule has 2 heterocycles. The molecule has 3 rings (SSSR count). The highest BCUT2D eigenvalue weighted by Crippen LogP contribution is 2.20. The number of anilines is 1. The summed E-state index contributed by atoms with van der Waals surface area (Å²) in [5.74, 6) is 1.57. The van der Waals surface area contributed by atoms with E-state index in [2.05, 4.69) is 10.4 Å². The largest absolute Gasteiger partial charge is 0.497 e. The molecule has 1 saturated heterocycles. The van der Waals surface area contributed by atoms with E-state index in [1.807, 2.05) is 42.1 Å². The first-order valence-electron chi connectivity index (χ1n) is 6.90. The summed E-state index contributed by atoms with van der Waals surface area (Å²) in [5.41, 5.74) is 2.14. The Morgan fingerprint density at radius 1 is 1.33 bits per heavy atom. The fraction of sp³-hybridized carbons (Fsp3) is 0.333. The van der Waals surface area contributed by atoms with Gasteiger partial charge in [-0.2, -0.15) is 5.10 Å². The molecule has 1 N–H and O–H groups in total. The zero-order chi connectivity index (χ0) is 14.8. The van der Waals surface area contributed by atoms with Crippen molar-refractivity contribution in [3.8, 4) is 5.75 Å². The molecule has 0 aliphatic carbocycles. The van der Waals surface area contributed by atoms with Crippen LogP contribution >= 0.6 is 0 Å². The number of ether oxygens (including phenoxy) is 1. The van der Waals surface area contributed by atoms with Crippen molar-refractivity contribution in [2.24, 2.45) is 0 Å². The molecule has 110 valence electrons. The minimum absolute atomic E-state index is 0.0761. The van der Waals surface area contributed by atoms with Gasteiger partial charge in [0.2, 0.25) is 0 Å². The average molecular weight is 286 g/mol. The third-order valence-corrected chi connectivity index (χ3v) is 3.53. The van der Waals surface area contributed by atoms with Crippen molar-refractivity contribution in [2.75, 3.05) is 25.1 Å². The van der Waals surface area contributed by atoms with Crippen LogP contribution in [0.2, 0.25) is 0 Å². The molecule has 0 atom stereocenters. The van der Waals surface area contributed by atoms with E-state index in [0.29, 0.717) is 19.6 Å². The summed E-state index contributed by atoms with van der Waals surface area (Å²) in [5, 5.41) is 7.32. The van der Waals surface area contributed by atoms with Crippen molar-refractivity contribution < 1.29 is 9.53 Å². The van der Waals surface area contributed by atoms with Gasteiger partial charge in [0.1, 0.15) is 5.75 Å². The summed E-state index contributed by atoms with van der Waals surface area (Å²) in [6.07, 6.45) is 1.96. The van der Waals surface area contributed by atoms with Gasteiger partial charge in [0.25, 0.3) is 0 Å². The van der Waals surface area contributed by atoms with E-state index in [-0.39, 0.29) is 6.03 Å². The zero-order valence-corrected chi connectivity index (χ0v) is 12.2. The van der Waals surface area contributed by atoms with E-state index < -0.39 is 0 Å². The van der Waals surface area contributed by atoms with Crippen LogP contribution in [-0.4, -0.2) is 36.0 Å². The van der Waals surface area contributed by atoms with Gasteiger partial charge in [-0.25, -0.2) is 4.79 Å². The van der Waals surface area contributed by atoms with Crippen molar-refractivity contribution in [1.82, 2.24) is 15.1 Å². The van der Waals surface area contributed by atoms with Crippen LogP contribution in [0.4, 0.5) is 10.6 Å². The van der Waals surface area contributed by atoms with E-state index >= 15 is 0 Å². The van der Waals surface area contributed by atoms with Crippen LogP contribution < -0.4 is 15.0 Å². The summed E-state index contributed by atoms with van der Waals surface area (Å²) in [6.45, 7) is 3.97. The predicted octanol–water partition coefficient (Wildman–Crippen LogP) is 1.78. The number of benzene rings is 1. The molecule has 2 aromatic rings. The van der Waals surface area contributed by atoms with Crippen LogP contribution in [0.3, 0.4) is 0 Å². The highest BCUT2D eigenvalue weighted by molar-refractivity contribution is 5.93. The Bertz CT molecular complexity index is 648. The van der Waals surface area contributed by atoms with Gasteiger partial charge in [0.15, 0.2) is 5.82 Å². The van der Waals surface area contributed by atoms with Crippen LogP contribution in [0.5, 0.6) is 5.75 Å². The van der Waals surface area contributed by atoms with Gasteiger partial charge >= 0.3 is 6.03 Å². The van der Waals surface area contributed by atoms with Gasteiger partial charge in [0.05, 0.1) is 13.7 Å². The first-order valence-corrected chi connectivity index (χ1v) is 6.90. The monoisotopic (exact) mass is 286 g/mol. The number of carbonyl (C=O) groups is 1. The van der Waals surface area contributed by atoms with E-state index in [9.17, 15) is 4.79 Å². The molecule has 1 aliphatic heterocycles. The Kier molecular flexibility index (Phi) is 3.51. The molecule has 1 aromatic carbocycles. The van der Waals surface area contributed by atoms with Crippen LogP contribution in [0, 0.1) is 6.92 Å². The van der Waals surface area contributed by atoms with Crippen molar-refractivity contribution in [3.63, 3.8) is 0 Å². The van der Waals surface area contributed by atoms with Crippen molar-refractivity contribution in [2.45, 2.75) is 13.5 Å². The van der Waals surface area contributed by atoms with E-state index in [1.165, 1.54) is 0 Å². The minimum Gasteiger partial charge on any atom is -0.497 e. The number of carbonyl (C=O) groups excluding carboxylic acids is 1. The molecule has 0 radical (unpaired) electrons. The molecule has 1 fully saturated rings. The molecule has 0 spiro atoms. The number of amides is 2. The van der Waals surface area contributed by atoms with Gasteiger partial charge in [0, 0.05) is 24.8 Å². The Morgan fingerprint density at radius 3 is 2.71 bits per heavy atom. The standard InChI is InChI=1S/C15H18N4O2/c1-11-9-18(10-12-3-5-13(21-2)6-4-12)17-14(11)19-8-7-16-15(19)20/h3-6,9H,7-8,10H2,1-2H3,(H,16,20). The van der Waals surface area contributed by atoms with Gasteiger partial charge in [-0.1, -0.05) is 12.1 Å². The second-order valence-corrected chi connectivity index (χ2v) is 5.06. The highest BCUT2D eigenvalue weighted by atomic mass is 16.5. The molecule has 6 heteroatoms. The number of rotatable bonds is 4. The number of nitrogens with zero attached hydrogens (tertiary/aromatic N) is 3. The van der Waals surface area contributed by atoms with Crippen LogP contribution in [0.1, 0.15) is 11.1 Å². The van der Waals surface area contributed by atoms with Crippen LogP contribution in [0.25, 0.3) is 0 Å². The number of urea groups is 1. The summed E-state index contributed by atoms with van der Waals surface area (Å²) >= 11 is 0. The van der Waals surface area contributed by atoms with Crippen molar-refractivity contribution in [1.29, 1.82) is 0 Å². The molecule has 0 unspecified atom stereocenters. The van der Waals surface area contributed by atoms with Gasteiger partial charge in [-0.05, 0) is 24.6 Å². The third-order valence-electron chi connectivity index (χ3n) is 3.53. The van der Waals surface area contributed by atoms with E-state index in [0.717, 1.165) is 22.7 Å². The summed E-state index contributed by atoms with van der Waals surface area (Å²) in [7, 11) is 1.65. The lowest BCUT2D eigenvalue weighted by atomic mass is 10.2. The predicted molar refractivity (Wildman–Crippen MR) is 79.8 cm³/mol. The Morgan fingerprint density at radius 2 is 2.10 bits per heavy atom. The number of hydrogen-bond donors (Lipinski definition) is 1. The van der Waals surface area contributed by atoms with Crippen LogP contribution in [0.15, 0.2) is 30.5 Å². The average Bonchev–Trinajstić information content (AvgIpc) is 3.05. The zero-order valence-electron chi connectivity index (χ0n) is 12.2. The lowest BCUT2D eigenvalue weighted by Crippen LogP contribution is -2.28. The topological polar surface area (TPSA) is 59.4 Å². The quantitative estimate of drug-likeness (QED) is 0.932. The third kappa shape index (κ3) is 2.69. The molecular formula is C15H18N4O2. The maximum absolute atomic E-state index is 11.7. The number of nitrogens with one attached hydrogen (secondary N) is 1. The lowest BCUT2D eigenvalue weighted by Gasteiger charge is -2.11. The summed E-state index contributed by atoms with van der Waals surface area (Å²) < 4.78 is 7.01. The van der Waals surface area contributed by atoms with Gasteiger partial charge in [-0.3, -0.25) is 9.58 Å². The van der Waals surface area contributed by atoms with Gasteiger partial charge in [-0.15, -0.1) is 0 Å². The number of aromatic nitrogens is 2. The number of aryl methyl sites for hydroxylation is 1. The first kappa shape index (κ1) is 13.5. The Hall–Kier alpha value is -2.50. The molecule has 0 bridgehead atoms. The molecule has 6 nitrogen and oxygen atoms in total. The van der Waals surface area contributed by atoms with E-state index in [4.69, 9.17) is 4.74 Å². The molecule has 2 amide bonds. The first-order chi connectivity index (χ1) is 10.2. The van der Waals surface area contributed by atoms with Gasteiger partial charge < -0.3 is 10.1 Å². The van der Waals surface area contributed by atoms with Crippen molar-refractivity contribution in [3.05, 3.63) is 41.6 Å². The minimum atomic E-state index is -0.0761. The smallest absolute Gasteiger partial charge is 0.323 e. The fourth-order valence-electron chi connectivity index (χ4n) is 2.45. The highest BCUT2D eigenvalue weighted by Gasteiger charge is 2.25. The second kappa shape index (κ2) is 5.47. The Labute approximate surface area is 123 Å². The normalized spacial score (nSPS) is 14.4. The van der Waals surface area contributed by atoms with Crippen molar-refractivity contribution >= 4 is 11.8 Å². The SMILES string of the molecule is COc1ccc(Cn2cc(C)c(N3CCNC3=O)n2)cc1. The molecule has 21 heavy (non-hydrogen) atoms. The van der Waals surface area contributed by atoms with E-state index in [1.54, 1.807) is 12.0 Å². The summed E-state index contributed by atoms with van der Waals surface area (Å²) in [6, 6.07) is 7.81. The lowest BCUT2D eigenvalue weighted by molar-refractivity contribution is 0.252. The maximum Gasteiger partial charge on any atom is 0.323 e. The number of methoxy groups -OCH3 is 1. The molecule has 0 saturated carbocycles. The molecule has 1 aromatic heterocycles. The second-order valence-electron chi connectivity index (χ2n) is 5.06.